The molecule has 0 heterocycles. The Balaban J connectivity index is 3.84. The Bertz CT molecular complexity index is 122. The van der Waals surface area contributed by atoms with Crippen LogP contribution in [0.1, 0.15) is 0 Å². The molecule has 1 N–H and O–H groups in total. The highest BCUT2D eigenvalue weighted by atomic mass is 31.1. The normalized spacial score (nSPS) is 10.6. The summed E-state index contributed by atoms with van der Waals surface area (Å²) in [5.41, 5.74) is -0.361. The first-order valence-corrected chi connectivity index (χ1v) is 3.13. The Hall–Kier alpha value is -0.470. The molecule has 1 atom stereocenters. The van der Waals surface area contributed by atoms with Crippen LogP contribution in [0.3, 0.4) is 0 Å². The van der Waals surface area contributed by atoms with Crippen LogP contribution >= 0.6 is 8.03 Å². The van der Waals surface area contributed by atoms with Crippen LogP contribution in [0.5, 0.6) is 0 Å². The summed E-state index contributed by atoms with van der Waals surface area (Å²) in [6, 6.07) is 0. The van der Waals surface area contributed by atoms with Crippen molar-refractivity contribution in [3.05, 3.63) is 0 Å². The van der Waals surface area contributed by atoms with Crippen LogP contribution in [-0.2, 0) is 4.57 Å². The van der Waals surface area contributed by atoms with E-state index in [0.29, 0.717) is 0 Å². The quantitative estimate of drug-likeness (QED) is 0.301. The predicted octanol–water partition coefficient (Wildman–Crippen LogP) is -0.415. The summed E-state index contributed by atoms with van der Waals surface area (Å²) in [5, 5.41) is 6.73. The van der Waals surface area contributed by atoms with Gasteiger partial charge in [0.15, 0.2) is 0 Å². The molecule has 0 aliphatic rings. The molecule has 4 nitrogen and oxygen atoms in total. The largest absolute Gasteiger partial charge is 0.588 e. The average Bonchev–Trinajstić information content (AvgIpc) is 1.64. The van der Waals surface area contributed by atoms with Crippen LogP contribution < -0.4 is 4.89 Å². The van der Waals surface area contributed by atoms with Crippen LogP contribution in [0.2, 0.25) is 0 Å². The molecule has 0 aromatic rings. The standard InChI is InChI=1S/C3H7N2O2P/c1-5(2)3(4)8(6)7/h4H,1-2H3. The third kappa shape index (κ3) is 2.00. The lowest BCUT2D eigenvalue weighted by Crippen LogP contribution is -2.19. The lowest BCUT2D eigenvalue weighted by atomic mass is 10.9. The van der Waals surface area contributed by atoms with Crippen LogP contribution in [0, 0.1) is 5.41 Å². The minimum atomic E-state index is -2.69. The highest BCUT2D eigenvalue weighted by molar-refractivity contribution is 7.56. The molecule has 0 saturated heterocycles. The fourth-order valence-corrected chi connectivity index (χ4v) is 0.490. The molecule has 0 bridgehead atoms. The Morgan fingerprint density at radius 3 is 2.12 bits per heavy atom. The third-order valence-corrected chi connectivity index (χ3v) is 1.34. The van der Waals surface area contributed by atoms with Crippen molar-refractivity contribution in [3.8, 4) is 0 Å². The van der Waals surface area contributed by atoms with Gasteiger partial charge in [0.05, 0.1) is 0 Å². The molecular weight excluding hydrogens is 127 g/mol. The van der Waals surface area contributed by atoms with Gasteiger partial charge in [0, 0.05) is 14.1 Å². The first kappa shape index (κ1) is 7.53. The Morgan fingerprint density at radius 1 is 1.75 bits per heavy atom. The smallest absolute Gasteiger partial charge is 0.388 e. The van der Waals surface area contributed by atoms with Crippen molar-refractivity contribution in [1.82, 2.24) is 4.90 Å². The average molecular weight is 134 g/mol. The van der Waals surface area contributed by atoms with E-state index >= 15 is 0 Å². The summed E-state index contributed by atoms with van der Waals surface area (Å²) in [6.07, 6.45) is 0. The maximum atomic E-state index is 9.91. The summed E-state index contributed by atoms with van der Waals surface area (Å²) >= 11 is 0. The number of nitrogens with zero attached hydrogens (tertiary/aromatic N) is 1. The highest BCUT2D eigenvalue weighted by Gasteiger charge is 2.12. The van der Waals surface area contributed by atoms with E-state index in [9.17, 15) is 9.46 Å². The van der Waals surface area contributed by atoms with Gasteiger partial charge in [-0.25, -0.2) is 5.41 Å². The Morgan fingerprint density at radius 2 is 2.12 bits per heavy atom. The van der Waals surface area contributed by atoms with Crippen LogP contribution in [0.15, 0.2) is 0 Å². The number of nitrogens with one attached hydrogen (secondary N) is 1. The van der Waals surface area contributed by atoms with Gasteiger partial charge in [0.2, 0.25) is 0 Å². The molecule has 0 aromatic heterocycles. The fourth-order valence-electron chi connectivity index (χ4n) is 0.163. The zero-order valence-electron chi connectivity index (χ0n) is 4.71. The van der Waals surface area contributed by atoms with Crippen LogP contribution in [0.4, 0.5) is 0 Å². The minimum Gasteiger partial charge on any atom is -0.588 e. The molecule has 0 aromatic carbocycles. The van der Waals surface area contributed by atoms with Crippen molar-refractivity contribution >= 4 is 13.6 Å². The number of hydrogen-bond donors (Lipinski definition) is 1. The molecule has 5 heteroatoms. The first-order chi connectivity index (χ1) is 3.55. The SMILES string of the molecule is CN(C)C(=N)[P+](=O)[O-]. The first-order valence-electron chi connectivity index (χ1n) is 1.96. The second-order valence-electron chi connectivity index (χ2n) is 1.48. The van der Waals surface area contributed by atoms with Gasteiger partial charge >= 0.3 is 13.6 Å². The van der Waals surface area contributed by atoms with Gasteiger partial charge in [0.25, 0.3) is 0 Å². The van der Waals surface area contributed by atoms with E-state index in [1.165, 1.54) is 19.0 Å². The molecule has 0 spiro atoms. The second-order valence-corrected chi connectivity index (χ2v) is 2.41. The van der Waals surface area contributed by atoms with E-state index in [-0.39, 0.29) is 5.58 Å². The van der Waals surface area contributed by atoms with E-state index < -0.39 is 8.03 Å². The van der Waals surface area contributed by atoms with Gasteiger partial charge in [-0.05, 0) is 0 Å². The van der Waals surface area contributed by atoms with Gasteiger partial charge in [0.1, 0.15) is 0 Å². The third-order valence-electron chi connectivity index (χ3n) is 0.597. The van der Waals surface area contributed by atoms with Gasteiger partial charge < -0.3 is 9.79 Å². The lowest BCUT2D eigenvalue weighted by Gasteiger charge is -2.02. The molecule has 0 saturated carbocycles. The van der Waals surface area contributed by atoms with Crippen LogP contribution in [-0.4, -0.2) is 24.6 Å². The minimum absolute atomic E-state index is 0.361. The molecule has 0 radical (unpaired) electrons. The molecule has 0 aliphatic heterocycles. The zero-order valence-corrected chi connectivity index (χ0v) is 5.61. The molecular formula is C3H7N2O2P. The molecule has 0 fully saturated rings. The van der Waals surface area contributed by atoms with Crippen molar-refractivity contribution in [3.63, 3.8) is 0 Å². The number of hydrogen-bond acceptors (Lipinski definition) is 3. The topological polar surface area (TPSA) is 67.2 Å². The fraction of sp³-hybridized carbons (Fsp3) is 0.667. The van der Waals surface area contributed by atoms with Crippen molar-refractivity contribution in [1.29, 1.82) is 5.41 Å². The van der Waals surface area contributed by atoms with Crippen molar-refractivity contribution in [2.24, 2.45) is 0 Å². The number of amidine groups is 1. The molecule has 1 unspecified atom stereocenters. The second kappa shape index (κ2) is 2.74. The maximum Gasteiger partial charge on any atom is 0.388 e. The van der Waals surface area contributed by atoms with E-state index in [4.69, 9.17) is 5.41 Å². The number of rotatable bonds is 1. The summed E-state index contributed by atoms with van der Waals surface area (Å²) in [5.74, 6) is 0. The zero-order chi connectivity index (χ0) is 6.73. The Kier molecular flexibility index (Phi) is 2.58. The van der Waals surface area contributed by atoms with Crippen molar-refractivity contribution in [2.45, 2.75) is 0 Å². The highest BCUT2D eigenvalue weighted by Crippen LogP contribution is 2.08. The molecule has 0 aliphatic carbocycles. The van der Waals surface area contributed by atoms with Crippen LogP contribution in [0.25, 0.3) is 0 Å². The van der Waals surface area contributed by atoms with E-state index in [2.05, 4.69) is 0 Å². The monoisotopic (exact) mass is 134 g/mol. The summed E-state index contributed by atoms with van der Waals surface area (Å²) in [6.45, 7) is 0. The van der Waals surface area contributed by atoms with E-state index in [1.807, 2.05) is 0 Å². The summed E-state index contributed by atoms with van der Waals surface area (Å²) < 4.78 is 9.91. The van der Waals surface area contributed by atoms with Crippen molar-refractivity contribution < 1.29 is 9.46 Å². The molecule has 8 heavy (non-hydrogen) atoms. The lowest BCUT2D eigenvalue weighted by molar-refractivity contribution is -0.160. The molecule has 0 amide bonds. The van der Waals surface area contributed by atoms with Gasteiger partial charge in [-0.3, -0.25) is 0 Å². The maximum absolute atomic E-state index is 9.91. The molecule has 0 rings (SSSR count). The molecule has 46 valence electrons. The van der Waals surface area contributed by atoms with E-state index in [1.54, 1.807) is 0 Å². The summed E-state index contributed by atoms with van der Waals surface area (Å²) in [7, 11) is 0.323. The van der Waals surface area contributed by atoms with Gasteiger partial charge in [-0.1, -0.05) is 4.57 Å². The van der Waals surface area contributed by atoms with Crippen molar-refractivity contribution in [2.75, 3.05) is 14.1 Å². The van der Waals surface area contributed by atoms with E-state index in [0.717, 1.165) is 0 Å². The van der Waals surface area contributed by atoms with Gasteiger partial charge in [-0.2, -0.15) is 0 Å². The predicted molar refractivity (Wildman–Crippen MR) is 29.0 cm³/mol. The Labute approximate surface area is 48.5 Å². The summed E-state index contributed by atoms with van der Waals surface area (Å²) in [4.78, 5) is 11.1. The van der Waals surface area contributed by atoms with Gasteiger partial charge in [-0.15, -0.1) is 0 Å².